The first kappa shape index (κ1) is 13.3. The Morgan fingerprint density at radius 1 is 1.45 bits per heavy atom. The summed E-state index contributed by atoms with van der Waals surface area (Å²) in [5.41, 5.74) is 8.22. The van der Waals surface area contributed by atoms with Gasteiger partial charge in [-0.2, -0.15) is 0 Å². The van der Waals surface area contributed by atoms with Crippen LogP contribution < -0.4 is 11.3 Å². The molecule has 0 aliphatic carbocycles. The van der Waals surface area contributed by atoms with Gasteiger partial charge >= 0.3 is 0 Å². The summed E-state index contributed by atoms with van der Waals surface area (Å²) >= 11 is 7.59. The molecule has 0 spiro atoms. The molecule has 3 aromatic rings. The Morgan fingerprint density at radius 3 is 2.90 bits per heavy atom. The van der Waals surface area contributed by atoms with Gasteiger partial charge in [-0.3, -0.25) is 9.36 Å². The van der Waals surface area contributed by atoms with Crippen LogP contribution in [-0.2, 0) is 0 Å². The van der Waals surface area contributed by atoms with Gasteiger partial charge in [-0.05, 0) is 24.4 Å². The van der Waals surface area contributed by atoms with Crippen molar-refractivity contribution in [1.29, 1.82) is 0 Å². The summed E-state index contributed by atoms with van der Waals surface area (Å²) in [6.45, 7) is 1.84. The SMILES string of the molecule is CC(N)c1cc2cccc(Cl)c2c(=O)n1-c1cscn1. The molecule has 0 radical (unpaired) electrons. The number of fused-ring (bicyclic) bond motifs is 1. The van der Waals surface area contributed by atoms with Gasteiger partial charge in [-0.15, -0.1) is 11.3 Å². The van der Waals surface area contributed by atoms with E-state index in [0.717, 1.165) is 11.1 Å². The molecule has 0 amide bonds. The van der Waals surface area contributed by atoms with Crippen molar-refractivity contribution in [3.05, 3.63) is 56.2 Å². The molecule has 3 rings (SSSR count). The highest BCUT2D eigenvalue weighted by molar-refractivity contribution is 7.07. The Bertz CT molecular complexity index is 824. The molecule has 1 aromatic carbocycles. The summed E-state index contributed by atoms with van der Waals surface area (Å²) in [7, 11) is 0. The topological polar surface area (TPSA) is 60.9 Å². The van der Waals surface area contributed by atoms with Gasteiger partial charge in [-0.25, -0.2) is 4.98 Å². The average molecular weight is 306 g/mol. The lowest BCUT2D eigenvalue weighted by Gasteiger charge is -2.15. The zero-order valence-electron chi connectivity index (χ0n) is 10.7. The first-order valence-electron chi connectivity index (χ1n) is 6.08. The summed E-state index contributed by atoms with van der Waals surface area (Å²) in [6.07, 6.45) is 0. The van der Waals surface area contributed by atoms with E-state index in [9.17, 15) is 4.79 Å². The molecule has 2 aromatic heterocycles. The predicted molar refractivity (Wildman–Crippen MR) is 82.8 cm³/mol. The van der Waals surface area contributed by atoms with E-state index < -0.39 is 0 Å². The largest absolute Gasteiger partial charge is 0.323 e. The second-order valence-corrected chi connectivity index (χ2v) is 5.68. The standard InChI is InChI=1S/C14H12ClN3OS/c1-8(16)11-5-9-3-2-4-10(15)13(9)14(19)18(11)12-6-20-7-17-12/h2-8H,16H2,1H3. The number of aromatic nitrogens is 2. The van der Waals surface area contributed by atoms with Crippen molar-refractivity contribution in [3.63, 3.8) is 0 Å². The number of halogens is 1. The Kier molecular flexibility index (Phi) is 3.33. The van der Waals surface area contributed by atoms with Gasteiger partial charge in [0.05, 0.1) is 15.9 Å². The van der Waals surface area contributed by atoms with Crippen molar-refractivity contribution in [2.24, 2.45) is 5.73 Å². The lowest BCUT2D eigenvalue weighted by molar-refractivity contribution is 0.728. The Balaban J connectivity index is 2.48. The maximum Gasteiger partial charge on any atom is 0.265 e. The maximum atomic E-state index is 12.8. The molecule has 20 heavy (non-hydrogen) atoms. The van der Waals surface area contributed by atoms with Gasteiger partial charge in [0.2, 0.25) is 0 Å². The number of rotatable bonds is 2. The molecular formula is C14H12ClN3OS. The van der Waals surface area contributed by atoms with Crippen LogP contribution in [0.4, 0.5) is 0 Å². The van der Waals surface area contributed by atoms with E-state index in [1.165, 1.54) is 15.9 Å². The maximum absolute atomic E-state index is 12.8. The third kappa shape index (κ3) is 2.04. The molecule has 2 N–H and O–H groups in total. The Hall–Kier alpha value is -1.69. The van der Waals surface area contributed by atoms with E-state index in [1.54, 1.807) is 11.6 Å². The first-order chi connectivity index (χ1) is 9.59. The Labute approximate surface area is 124 Å². The van der Waals surface area contributed by atoms with Crippen molar-refractivity contribution in [3.8, 4) is 5.82 Å². The van der Waals surface area contributed by atoms with Crippen molar-refractivity contribution in [2.75, 3.05) is 0 Å². The lowest BCUT2D eigenvalue weighted by Crippen LogP contribution is -2.26. The summed E-state index contributed by atoms with van der Waals surface area (Å²) in [4.78, 5) is 17.0. The molecule has 2 heterocycles. The van der Waals surface area contributed by atoms with Crippen molar-refractivity contribution in [1.82, 2.24) is 9.55 Å². The van der Waals surface area contributed by atoms with Gasteiger partial charge in [0.1, 0.15) is 0 Å². The molecule has 0 bridgehead atoms. The van der Waals surface area contributed by atoms with Crippen LogP contribution in [0, 0.1) is 0 Å². The van der Waals surface area contributed by atoms with Crippen LogP contribution in [0.25, 0.3) is 16.6 Å². The number of pyridine rings is 1. The van der Waals surface area contributed by atoms with E-state index in [1.807, 2.05) is 30.5 Å². The molecule has 0 saturated heterocycles. The zero-order chi connectivity index (χ0) is 14.3. The molecule has 6 heteroatoms. The molecule has 0 saturated carbocycles. The second kappa shape index (κ2) is 5.01. The highest BCUT2D eigenvalue weighted by Gasteiger charge is 2.16. The molecule has 0 aliphatic rings. The van der Waals surface area contributed by atoms with Gasteiger partial charge in [0.25, 0.3) is 5.56 Å². The number of thiazole rings is 1. The molecule has 1 atom stereocenters. The van der Waals surface area contributed by atoms with E-state index >= 15 is 0 Å². The van der Waals surface area contributed by atoms with Gasteiger partial charge in [0, 0.05) is 17.1 Å². The molecule has 102 valence electrons. The van der Waals surface area contributed by atoms with E-state index in [-0.39, 0.29) is 11.6 Å². The highest BCUT2D eigenvalue weighted by atomic mass is 35.5. The van der Waals surface area contributed by atoms with Crippen molar-refractivity contribution < 1.29 is 0 Å². The van der Waals surface area contributed by atoms with Crippen LogP contribution in [0.15, 0.2) is 40.0 Å². The monoisotopic (exact) mass is 305 g/mol. The lowest BCUT2D eigenvalue weighted by atomic mass is 10.1. The smallest absolute Gasteiger partial charge is 0.265 e. The summed E-state index contributed by atoms with van der Waals surface area (Å²) in [5.74, 6) is 0.578. The highest BCUT2D eigenvalue weighted by Crippen LogP contribution is 2.24. The fraction of sp³-hybridized carbons (Fsp3) is 0.143. The summed E-state index contributed by atoms with van der Waals surface area (Å²) in [5, 5.41) is 3.54. The Morgan fingerprint density at radius 2 is 2.25 bits per heavy atom. The summed E-state index contributed by atoms with van der Waals surface area (Å²) < 4.78 is 1.54. The molecule has 0 aliphatic heterocycles. The minimum absolute atomic E-state index is 0.189. The third-order valence-corrected chi connectivity index (χ3v) is 4.03. The minimum atomic E-state index is -0.284. The normalized spacial score (nSPS) is 12.8. The molecule has 1 unspecified atom stereocenters. The quantitative estimate of drug-likeness (QED) is 0.791. The molecular weight excluding hydrogens is 294 g/mol. The molecule has 0 fully saturated rings. The number of hydrogen-bond acceptors (Lipinski definition) is 4. The summed E-state index contributed by atoms with van der Waals surface area (Å²) in [6, 6.07) is 7.00. The van der Waals surface area contributed by atoms with Crippen LogP contribution >= 0.6 is 22.9 Å². The van der Waals surface area contributed by atoms with Crippen molar-refractivity contribution in [2.45, 2.75) is 13.0 Å². The number of benzene rings is 1. The van der Waals surface area contributed by atoms with Crippen molar-refractivity contribution >= 4 is 33.7 Å². The number of nitrogens with zero attached hydrogens (tertiary/aromatic N) is 2. The number of nitrogens with two attached hydrogens (primary N) is 1. The van der Waals surface area contributed by atoms with Gasteiger partial charge in [-0.1, -0.05) is 23.7 Å². The minimum Gasteiger partial charge on any atom is -0.323 e. The molecule has 4 nitrogen and oxygen atoms in total. The van der Waals surface area contributed by atoms with E-state index in [0.29, 0.717) is 16.2 Å². The van der Waals surface area contributed by atoms with Gasteiger partial charge < -0.3 is 5.73 Å². The predicted octanol–water partition coefficient (Wildman–Crippen LogP) is 3.12. The van der Waals surface area contributed by atoms with E-state index in [4.69, 9.17) is 17.3 Å². The van der Waals surface area contributed by atoms with Gasteiger partial charge in [0.15, 0.2) is 5.82 Å². The fourth-order valence-corrected chi connectivity index (χ4v) is 3.01. The second-order valence-electron chi connectivity index (χ2n) is 4.55. The average Bonchev–Trinajstić information content (AvgIpc) is 2.91. The van der Waals surface area contributed by atoms with Crippen LogP contribution in [0.2, 0.25) is 5.02 Å². The third-order valence-electron chi connectivity index (χ3n) is 3.14. The zero-order valence-corrected chi connectivity index (χ0v) is 12.3. The number of hydrogen-bond donors (Lipinski definition) is 1. The van der Waals surface area contributed by atoms with Crippen LogP contribution in [-0.4, -0.2) is 9.55 Å². The van der Waals surface area contributed by atoms with Crippen LogP contribution in [0.3, 0.4) is 0 Å². The fourth-order valence-electron chi connectivity index (χ4n) is 2.23. The van der Waals surface area contributed by atoms with E-state index in [2.05, 4.69) is 4.98 Å². The first-order valence-corrected chi connectivity index (χ1v) is 7.40. The van der Waals surface area contributed by atoms with Crippen LogP contribution in [0.5, 0.6) is 0 Å². The van der Waals surface area contributed by atoms with Crippen LogP contribution in [0.1, 0.15) is 18.7 Å².